The molecule has 1 aromatic heterocycles. The molecule has 0 amide bonds. The van der Waals surface area contributed by atoms with Crippen LogP contribution in [0.4, 0.5) is 16.6 Å². The van der Waals surface area contributed by atoms with Crippen molar-refractivity contribution in [3.8, 4) is 0 Å². The molecule has 4 nitrogen and oxygen atoms in total. The highest BCUT2D eigenvalue weighted by atomic mass is 32.1. The van der Waals surface area contributed by atoms with E-state index < -0.39 is 0 Å². The number of anilines is 3. The second kappa shape index (κ2) is 4.78. The Morgan fingerprint density at radius 1 is 1.33 bits per heavy atom. The summed E-state index contributed by atoms with van der Waals surface area (Å²) < 4.78 is 0. The standard InChI is InChI=1S/C13H15N3OS/c1-7-5-4-6-8(2)10(7)15-13-16-12(14)11(18-13)9(3)17/h4-6H,14H2,1-3H3,(H,15,16). The van der Waals surface area contributed by atoms with Crippen LogP contribution in [0.3, 0.4) is 0 Å². The van der Waals surface area contributed by atoms with Gasteiger partial charge in [0.25, 0.3) is 0 Å². The van der Waals surface area contributed by atoms with Crippen molar-refractivity contribution in [3.05, 3.63) is 34.2 Å². The van der Waals surface area contributed by atoms with Gasteiger partial charge in [-0.1, -0.05) is 29.5 Å². The third-order valence-corrected chi connectivity index (χ3v) is 3.77. The molecular weight excluding hydrogens is 246 g/mol. The average molecular weight is 261 g/mol. The number of aromatic nitrogens is 1. The van der Waals surface area contributed by atoms with Crippen LogP contribution in [-0.4, -0.2) is 10.8 Å². The number of Topliss-reactive ketones (excluding diaryl/α,β-unsaturated/α-hetero) is 1. The molecule has 18 heavy (non-hydrogen) atoms. The molecule has 0 spiro atoms. The zero-order valence-electron chi connectivity index (χ0n) is 10.6. The number of nitrogen functional groups attached to an aromatic ring is 1. The van der Waals surface area contributed by atoms with Crippen molar-refractivity contribution in [2.24, 2.45) is 0 Å². The molecule has 5 heteroatoms. The maximum Gasteiger partial charge on any atom is 0.189 e. The monoisotopic (exact) mass is 261 g/mol. The van der Waals surface area contributed by atoms with Gasteiger partial charge in [-0.25, -0.2) is 4.98 Å². The van der Waals surface area contributed by atoms with E-state index in [9.17, 15) is 4.79 Å². The number of nitrogens with two attached hydrogens (primary N) is 1. The predicted molar refractivity (Wildman–Crippen MR) is 75.7 cm³/mol. The maximum absolute atomic E-state index is 11.3. The lowest BCUT2D eigenvalue weighted by molar-refractivity contribution is 0.102. The first-order valence-electron chi connectivity index (χ1n) is 5.59. The minimum atomic E-state index is -0.0560. The average Bonchev–Trinajstić information content (AvgIpc) is 2.65. The van der Waals surface area contributed by atoms with E-state index in [4.69, 9.17) is 5.73 Å². The highest BCUT2D eigenvalue weighted by Crippen LogP contribution is 2.30. The number of para-hydroxylation sites is 1. The molecule has 0 unspecified atom stereocenters. The molecule has 0 atom stereocenters. The van der Waals surface area contributed by atoms with Crippen LogP contribution in [0.1, 0.15) is 27.7 Å². The summed E-state index contributed by atoms with van der Waals surface area (Å²) in [4.78, 5) is 16.0. The SMILES string of the molecule is CC(=O)c1sc(Nc2c(C)cccc2C)nc1N. The number of nitrogens with one attached hydrogen (secondary N) is 1. The fourth-order valence-corrected chi connectivity index (χ4v) is 2.54. The molecule has 94 valence electrons. The lowest BCUT2D eigenvalue weighted by atomic mass is 10.1. The second-order valence-electron chi connectivity index (χ2n) is 4.18. The van der Waals surface area contributed by atoms with Crippen molar-refractivity contribution in [3.63, 3.8) is 0 Å². The van der Waals surface area contributed by atoms with Gasteiger partial charge in [0.15, 0.2) is 10.9 Å². The van der Waals surface area contributed by atoms with E-state index in [0.29, 0.717) is 15.8 Å². The Kier molecular flexibility index (Phi) is 3.34. The number of ketones is 1. The number of hydrogen-bond acceptors (Lipinski definition) is 5. The van der Waals surface area contributed by atoms with Crippen LogP contribution in [0.2, 0.25) is 0 Å². The summed E-state index contributed by atoms with van der Waals surface area (Å²) >= 11 is 1.28. The van der Waals surface area contributed by atoms with Crippen LogP contribution in [0.5, 0.6) is 0 Å². The van der Waals surface area contributed by atoms with Gasteiger partial charge in [0, 0.05) is 12.6 Å². The molecule has 0 aliphatic heterocycles. The van der Waals surface area contributed by atoms with Crippen molar-refractivity contribution in [1.82, 2.24) is 4.98 Å². The number of nitrogens with zero attached hydrogens (tertiary/aromatic N) is 1. The summed E-state index contributed by atoms with van der Waals surface area (Å²) in [6.45, 7) is 5.54. The largest absolute Gasteiger partial charge is 0.382 e. The Bertz CT molecular complexity index is 584. The molecule has 0 aliphatic carbocycles. The summed E-state index contributed by atoms with van der Waals surface area (Å²) in [7, 11) is 0. The zero-order valence-corrected chi connectivity index (χ0v) is 11.4. The van der Waals surface area contributed by atoms with Crippen LogP contribution in [0.15, 0.2) is 18.2 Å². The van der Waals surface area contributed by atoms with Crippen molar-refractivity contribution in [1.29, 1.82) is 0 Å². The molecule has 1 aromatic carbocycles. The van der Waals surface area contributed by atoms with Gasteiger partial charge in [0.2, 0.25) is 0 Å². The van der Waals surface area contributed by atoms with Gasteiger partial charge >= 0.3 is 0 Å². The topological polar surface area (TPSA) is 68.0 Å². The quantitative estimate of drug-likeness (QED) is 0.832. The Balaban J connectivity index is 2.35. The lowest BCUT2D eigenvalue weighted by Crippen LogP contribution is -1.96. The fraction of sp³-hybridized carbons (Fsp3) is 0.231. The number of carbonyl (C=O) groups excluding carboxylic acids is 1. The van der Waals surface area contributed by atoms with E-state index in [0.717, 1.165) is 16.8 Å². The van der Waals surface area contributed by atoms with Crippen LogP contribution >= 0.6 is 11.3 Å². The van der Waals surface area contributed by atoms with Crippen LogP contribution < -0.4 is 11.1 Å². The molecule has 0 bridgehead atoms. The van der Waals surface area contributed by atoms with Gasteiger partial charge in [0.05, 0.1) is 0 Å². The Morgan fingerprint density at radius 2 is 1.94 bits per heavy atom. The van der Waals surface area contributed by atoms with Gasteiger partial charge in [-0.2, -0.15) is 0 Å². The number of thiazole rings is 1. The Morgan fingerprint density at radius 3 is 2.44 bits per heavy atom. The van der Waals surface area contributed by atoms with Crippen LogP contribution in [0, 0.1) is 13.8 Å². The highest BCUT2D eigenvalue weighted by Gasteiger charge is 2.13. The first kappa shape index (κ1) is 12.6. The van der Waals surface area contributed by atoms with Crippen molar-refractivity contribution in [2.45, 2.75) is 20.8 Å². The van der Waals surface area contributed by atoms with Gasteiger partial charge in [0.1, 0.15) is 10.7 Å². The van der Waals surface area contributed by atoms with Gasteiger partial charge in [-0.3, -0.25) is 4.79 Å². The summed E-state index contributed by atoms with van der Waals surface area (Å²) in [6, 6.07) is 6.06. The highest BCUT2D eigenvalue weighted by molar-refractivity contribution is 7.18. The van der Waals surface area contributed by atoms with Gasteiger partial charge in [-0.05, 0) is 25.0 Å². The maximum atomic E-state index is 11.3. The molecular formula is C13H15N3OS. The number of carbonyl (C=O) groups is 1. The van der Waals surface area contributed by atoms with E-state index in [1.165, 1.54) is 18.3 Å². The number of benzene rings is 1. The van der Waals surface area contributed by atoms with Gasteiger partial charge in [-0.15, -0.1) is 0 Å². The lowest BCUT2D eigenvalue weighted by Gasteiger charge is -2.09. The molecule has 1 heterocycles. The molecule has 0 saturated heterocycles. The van der Waals surface area contributed by atoms with Gasteiger partial charge < -0.3 is 11.1 Å². The van der Waals surface area contributed by atoms with Crippen molar-refractivity contribution in [2.75, 3.05) is 11.1 Å². The number of rotatable bonds is 3. The normalized spacial score (nSPS) is 10.4. The first-order valence-corrected chi connectivity index (χ1v) is 6.41. The fourth-order valence-electron chi connectivity index (χ4n) is 1.76. The molecule has 2 rings (SSSR count). The minimum Gasteiger partial charge on any atom is -0.382 e. The Hall–Kier alpha value is -1.88. The first-order chi connectivity index (χ1) is 8.49. The molecule has 0 fully saturated rings. The van der Waals surface area contributed by atoms with E-state index in [-0.39, 0.29) is 5.78 Å². The zero-order chi connectivity index (χ0) is 13.3. The van der Waals surface area contributed by atoms with E-state index in [1.807, 2.05) is 32.0 Å². The van der Waals surface area contributed by atoms with E-state index in [1.54, 1.807) is 0 Å². The molecule has 0 radical (unpaired) electrons. The summed E-state index contributed by atoms with van der Waals surface area (Å²) in [6.07, 6.45) is 0. The van der Waals surface area contributed by atoms with E-state index in [2.05, 4.69) is 10.3 Å². The van der Waals surface area contributed by atoms with Crippen LogP contribution in [-0.2, 0) is 0 Å². The summed E-state index contributed by atoms with van der Waals surface area (Å²) in [5.74, 6) is 0.237. The molecule has 0 aliphatic rings. The Labute approximate surface area is 110 Å². The van der Waals surface area contributed by atoms with Crippen LogP contribution in [0.25, 0.3) is 0 Å². The van der Waals surface area contributed by atoms with E-state index >= 15 is 0 Å². The third-order valence-electron chi connectivity index (χ3n) is 2.69. The second-order valence-corrected chi connectivity index (χ2v) is 5.18. The predicted octanol–water partition coefficient (Wildman–Crippen LogP) is 3.29. The smallest absolute Gasteiger partial charge is 0.189 e. The number of aryl methyl sites for hydroxylation is 2. The van der Waals surface area contributed by atoms with Crippen molar-refractivity contribution >= 4 is 33.8 Å². The molecule has 0 saturated carbocycles. The molecule has 3 N–H and O–H groups in total. The summed E-state index contributed by atoms with van der Waals surface area (Å²) in [5, 5.41) is 3.88. The van der Waals surface area contributed by atoms with Crippen molar-refractivity contribution < 1.29 is 4.79 Å². The molecule has 2 aromatic rings. The number of hydrogen-bond donors (Lipinski definition) is 2. The minimum absolute atomic E-state index is 0.0560. The third kappa shape index (κ3) is 2.36. The summed E-state index contributed by atoms with van der Waals surface area (Å²) in [5.41, 5.74) is 8.99.